The molecule has 0 amide bonds. The van der Waals surface area contributed by atoms with Gasteiger partial charge in [-0.2, -0.15) is 0 Å². The first kappa shape index (κ1) is 15.3. The minimum atomic E-state index is 0.388. The van der Waals surface area contributed by atoms with Crippen LogP contribution < -0.4 is 0 Å². The molecule has 5 heteroatoms. The molecule has 0 aliphatic heterocycles. The number of fused-ring (bicyclic) bond motifs is 1. The molecule has 0 bridgehead atoms. The first-order chi connectivity index (χ1) is 10.0. The molecule has 0 saturated carbocycles. The van der Waals surface area contributed by atoms with E-state index in [0.717, 1.165) is 27.0 Å². The molecular weight excluding hydrogens is 462 g/mol. The Kier molecular flexibility index (Phi) is 4.30. The summed E-state index contributed by atoms with van der Waals surface area (Å²) in [5, 5.41) is 0. The summed E-state index contributed by atoms with van der Waals surface area (Å²) in [4.78, 5) is 4.66. The summed E-state index contributed by atoms with van der Waals surface area (Å²) in [6, 6.07) is 10.6. The van der Waals surface area contributed by atoms with Crippen LogP contribution in [0.25, 0.3) is 16.7 Å². The summed E-state index contributed by atoms with van der Waals surface area (Å²) >= 11 is 12.0. The third-order valence-electron chi connectivity index (χ3n) is 3.48. The average molecular weight is 476 g/mol. The largest absolute Gasteiger partial charge is 0.295 e. The number of halogens is 3. The molecule has 3 rings (SSSR count). The van der Waals surface area contributed by atoms with Gasteiger partial charge in [-0.05, 0) is 77.9 Å². The molecule has 2 nitrogen and oxygen atoms in total. The van der Waals surface area contributed by atoms with Gasteiger partial charge in [0.1, 0.15) is 5.82 Å². The molecule has 2 aromatic carbocycles. The molecule has 0 radical (unpaired) electrons. The van der Waals surface area contributed by atoms with Gasteiger partial charge in [0.05, 0.1) is 16.9 Å². The zero-order valence-electron chi connectivity index (χ0n) is 11.6. The normalized spacial score (nSPS) is 11.3. The van der Waals surface area contributed by atoms with Crippen molar-refractivity contribution in [2.24, 2.45) is 0 Å². The number of hydrogen-bond acceptors (Lipinski definition) is 1. The fourth-order valence-electron chi connectivity index (χ4n) is 2.53. The number of rotatable bonds is 2. The van der Waals surface area contributed by atoms with E-state index in [1.54, 1.807) is 0 Å². The van der Waals surface area contributed by atoms with Crippen molar-refractivity contribution in [3.8, 4) is 5.69 Å². The van der Waals surface area contributed by atoms with Crippen LogP contribution in [0.3, 0.4) is 0 Å². The summed E-state index contributed by atoms with van der Waals surface area (Å²) in [6.07, 6.45) is 0. The second-order valence-electron chi connectivity index (χ2n) is 5.02. The maximum atomic E-state index is 6.11. The van der Waals surface area contributed by atoms with Gasteiger partial charge in [-0.3, -0.25) is 4.57 Å². The van der Waals surface area contributed by atoms with Crippen LogP contribution in [0.5, 0.6) is 0 Å². The van der Waals surface area contributed by atoms with Gasteiger partial charge in [-0.15, -0.1) is 11.6 Å². The van der Waals surface area contributed by atoms with E-state index >= 15 is 0 Å². The Balaban J connectivity index is 2.33. The third kappa shape index (κ3) is 2.73. The van der Waals surface area contributed by atoms with Crippen LogP contribution in [0, 0.1) is 17.4 Å². The summed E-state index contributed by atoms with van der Waals surface area (Å²) in [7, 11) is 0. The van der Waals surface area contributed by atoms with Crippen molar-refractivity contribution in [1.29, 1.82) is 0 Å². The maximum Gasteiger partial charge on any atom is 0.129 e. The number of imidazole rings is 1. The molecular formula is C16H13BrClIN2. The Morgan fingerprint density at radius 1 is 1.19 bits per heavy atom. The zero-order chi connectivity index (χ0) is 15.1. The Bertz CT molecular complexity index is 819. The van der Waals surface area contributed by atoms with Gasteiger partial charge in [0.15, 0.2) is 0 Å². The molecule has 0 aliphatic rings. The van der Waals surface area contributed by atoms with Crippen LogP contribution in [-0.2, 0) is 5.88 Å². The van der Waals surface area contributed by atoms with Crippen molar-refractivity contribution in [3.63, 3.8) is 0 Å². The van der Waals surface area contributed by atoms with E-state index in [-0.39, 0.29) is 0 Å². The van der Waals surface area contributed by atoms with Crippen molar-refractivity contribution in [2.45, 2.75) is 19.7 Å². The molecule has 1 heterocycles. The predicted molar refractivity (Wildman–Crippen MR) is 101 cm³/mol. The molecule has 21 heavy (non-hydrogen) atoms. The molecule has 0 unspecified atom stereocenters. The van der Waals surface area contributed by atoms with Gasteiger partial charge in [-0.1, -0.05) is 15.9 Å². The minimum absolute atomic E-state index is 0.388. The molecule has 0 atom stereocenters. The van der Waals surface area contributed by atoms with Gasteiger partial charge >= 0.3 is 0 Å². The summed E-state index contributed by atoms with van der Waals surface area (Å²) in [5.74, 6) is 1.26. The predicted octanol–water partition coefficient (Wildman–Crippen LogP) is 5.75. The standard InChI is InChI=1S/C16H13BrClIN2/c1-9-5-12(6-10(2)16(9)17)21-14-4-3-11(19)7-13(14)20-15(21)8-18/h3-7H,8H2,1-2H3. The number of alkyl halides is 1. The highest BCUT2D eigenvalue weighted by molar-refractivity contribution is 14.1. The van der Waals surface area contributed by atoms with Crippen molar-refractivity contribution in [2.75, 3.05) is 0 Å². The molecule has 0 spiro atoms. The average Bonchev–Trinajstić information content (AvgIpc) is 2.81. The maximum absolute atomic E-state index is 6.11. The number of hydrogen-bond donors (Lipinski definition) is 0. The molecule has 1 aromatic heterocycles. The van der Waals surface area contributed by atoms with Gasteiger partial charge in [-0.25, -0.2) is 4.98 Å². The van der Waals surface area contributed by atoms with E-state index < -0.39 is 0 Å². The zero-order valence-corrected chi connectivity index (χ0v) is 16.1. The lowest BCUT2D eigenvalue weighted by Gasteiger charge is -2.12. The van der Waals surface area contributed by atoms with Crippen molar-refractivity contribution in [1.82, 2.24) is 9.55 Å². The van der Waals surface area contributed by atoms with Crippen LogP contribution in [-0.4, -0.2) is 9.55 Å². The van der Waals surface area contributed by atoms with E-state index in [1.165, 1.54) is 14.7 Å². The number of benzene rings is 2. The minimum Gasteiger partial charge on any atom is -0.295 e. The summed E-state index contributed by atoms with van der Waals surface area (Å²) in [5.41, 5.74) is 5.59. The number of aromatic nitrogens is 2. The Hall–Kier alpha value is -0.590. The van der Waals surface area contributed by atoms with Gasteiger partial charge in [0.25, 0.3) is 0 Å². The first-order valence-electron chi connectivity index (χ1n) is 6.51. The molecule has 108 valence electrons. The number of nitrogens with zero attached hydrogens (tertiary/aromatic N) is 2. The molecule has 0 saturated heterocycles. The van der Waals surface area contributed by atoms with Crippen LogP contribution in [0.2, 0.25) is 0 Å². The first-order valence-corrected chi connectivity index (χ1v) is 8.92. The summed E-state index contributed by atoms with van der Waals surface area (Å²) in [6.45, 7) is 4.20. The lowest BCUT2D eigenvalue weighted by Crippen LogP contribution is -2.01. The van der Waals surface area contributed by atoms with E-state index in [2.05, 4.69) is 92.3 Å². The second kappa shape index (κ2) is 5.89. The highest BCUT2D eigenvalue weighted by atomic mass is 127. The van der Waals surface area contributed by atoms with Crippen LogP contribution >= 0.6 is 50.1 Å². The van der Waals surface area contributed by atoms with Crippen molar-refractivity contribution in [3.05, 3.63) is 55.3 Å². The van der Waals surface area contributed by atoms with E-state index in [0.29, 0.717) is 5.88 Å². The molecule has 3 aromatic rings. The highest BCUT2D eigenvalue weighted by Crippen LogP contribution is 2.29. The van der Waals surface area contributed by atoms with E-state index in [4.69, 9.17) is 11.6 Å². The fraction of sp³-hybridized carbons (Fsp3) is 0.188. The van der Waals surface area contributed by atoms with Crippen LogP contribution in [0.1, 0.15) is 17.0 Å². The summed E-state index contributed by atoms with van der Waals surface area (Å²) < 4.78 is 4.47. The lowest BCUT2D eigenvalue weighted by molar-refractivity contribution is 0.977. The molecule has 0 aliphatic carbocycles. The second-order valence-corrected chi connectivity index (χ2v) is 7.33. The van der Waals surface area contributed by atoms with Gasteiger partial charge < -0.3 is 0 Å². The highest BCUT2D eigenvalue weighted by Gasteiger charge is 2.13. The topological polar surface area (TPSA) is 17.8 Å². The Morgan fingerprint density at radius 3 is 2.48 bits per heavy atom. The monoisotopic (exact) mass is 474 g/mol. The molecule has 0 fully saturated rings. The SMILES string of the molecule is Cc1cc(-n2c(CCl)nc3cc(I)ccc32)cc(C)c1Br. The fourth-order valence-corrected chi connectivity index (χ4v) is 3.42. The van der Waals surface area contributed by atoms with Gasteiger partial charge in [0.2, 0.25) is 0 Å². The van der Waals surface area contributed by atoms with E-state index in [9.17, 15) is 0 Å². The number of aryl methyl sites for hydroxylation is 2. The van der Waals surface area contributed by atoms with Crippen LogP contribution in [0.15, 0.2) is 34.8 Å². The third-order valence-corrected chi connectivity index (χ3v) is 5.65. The lowest BCUT2D eigenvalue weighted by atomic mass is 10.1. The van der Waals surface area contributed by atoms with Gasteiger partial charge in [0, 0.05) is 13.7 Å². The Morgan fingerprint density at radius 2 is 1.86 bits per heavy atom. The Labute approximate surface area is 150 Å². The van der Waals surface area contributed by atoms with Crippen molar-refractivity contribution < 1.29 is 0 Å². The van der Waals surface area contributed by atoms with Crippen LogP contribution in [0.4, 0.5) is 0 Å². The van der Waals surface area contributed by atoms with Crippen molar-refractivity contribution >= 4 is 61.2 Å². The van der Waals surface area contributed by atoms with E-state index in [1.807, 2.05) is 0 Å². The quantitative estimate of drug-likeness (QED) is 0.341. The smallest absolute Gasteiger partial charge is 0.129 e. The molecule has 0 N–H and O–H groups in total.